The summed E-state index contributed by atoms with van der Waals surface area (Å²) in [5.41, 5.74) is 3.88. The summed E-state index contributed by atoms with van der Waals surface area (Å²) in [6.07, 6.45) is 0. The number of nitrogens with zero attached hydrogens (tertiary/aromatic N) is 4. The molecule has 142 valence electrons. The van der Waals surface area contributed by atoms with Crippen molar-refractivity contribution in [2.24, 2.45) is 0 Å². The minimum atomic E-state index is -0.291. The highest BCUT2D eigenvalue weighted by Gasteiger charge is 2.15. The van der Waals surface area contributed by atoms with Crippen molar-refractivity contribution in [3.05, 3.63) is 52.6 Å². The number of aromatic nitrogens is 4. The summed E-state index contributed by atoms with van der Waals surface area (Å²) in [4.78, 5) is 16.7. The van der Waals surface area contributed by atoms with Crippen molar-refractivity contribution in [3.63, 3.8) is 0 Å². The Hall–Kier alpha value is -3.16. The summed E-state index contributed by atoms with van der Waals surface area (Å²) >= 11 is 0. The van der Waals surface area contributed by atoms with Crippen LogP contribution in [0.5, 0.6) is 5.75 Å². The number of benzene rings is 1. The molecule has 1 atom stereocenters. The Kier molecular flexibility index (Phi) is 5.25. The van der Waals surface area contributed by atoms with E-state index >= 15 is 0 Å². The van der Waals surface area contributed by atoms with Gasteiger partial charge in [-0.25, -0.2) is 9.78 Å². The predicted octanol–water partition coefficient (Wildman–Crippen LogP) is 2.62. The molecule has 2 heterocycles. The van der Waals surface area contributed by atoms with Crippen molar-refractivity contribution in [2.45, 2.75) is 40.3 Å². The molecule has 0 aliphatic carbocycles. The lowest BCUT2D eigenvalue weighted by Crippen LogP contribution is -2.37. The zero-order valence-electron chi connectivity index (χ0n) is 16.2. The van der Waals surface area contributed by atoms with E-state index in [0.717, 1.165) is 28.3 Å². The van der Waals surface area contributed by atoms with Crippen molar-refractivity contribution in [2.75, 3.05) is 7.11 Å². The van der Waals surface area contributed by atoms with E-state index in [0.29, 0.717) is 11.6 Å². The van der Waals surface area contributed by atoms with Crippen LogP contribution in [-0.4, -0.2) is 32.7 Å². The molecule has 0 saturated carbocycles. The van der Waals surface area contributed by atoms with E-state index in [1.165, 1.54) is 0 Å². The second-order valence-corrected chi connectivity index (χ2v) is 6.58. The first kappa shape index (κ1) is 18.6. The Bertz CT molecular complexity index is 982. The number of carbonyl (C=O) groups excluding carboxylic acids is 1. The molecular formula is C19H24N6O2. The fourth-order valence-electron chi connectivity index (χ4n) is 3.09. The van der Waals surface area contributed by atoms with Crippen molar-refractivity contribution in [3.8, 4) is 5.75 Å². The molecule has 2 amide bonds. The number of methoxy groups -OCH3 is 1. The lowest BCUT2D eigenvalue weighted by Gasteiger charge is -2.18. The molecule has 0 radical (unpaired) electrons. The van der Waals surface area contributed by atoms with E-state index in [-0.39, 0.29) is 18.6 Å². The summed E-state index contributed by atoms with van der Waals surface area (Å²) in [7, 11) is 1.62. The molecule has 0 spiro atoms. The van der Waals surface area contributed by atoms with Crippen LogP contribution in [0, 0.1) is 20.8 Å². The van der Waals surface area contributed by atoms with E-state index in [1.807, 2.05) is 56.4 Å². The first-order chi connectivity index (χ1) is 12.9. The van der Waals surface area contributed by atoms with E-state index < -0.39 is 0 Å². The quantitative estimate of drug-likeness (QED) is 0.722. The molecule has 0 bridgehead atoms. The van der Waals surface area contributed by atoms with Gasteiger partial charge in [0, 0.05) is 17.0 Å². The molecule has 3 aromatic rings. The number of hydrogen-bond donors (Lipinski definition) is 2. The smallest absolute Gasteiger partial charge is 0.315 e. The van der Waals surface area contributed by atoms with E-state index in [4.69, 9.17) is 4.74 Å². The summed E-state index contributed by atoms with van der Waals surface area (Å²) < 4.78 is 7.23. The van der Waals surface area contributed by atoms with Crippen LogP contribution < -0.4 is 15.4 Å². The van der Waals surface area contributed by atoms with Gasteiger partial charge in [-0.15, -0.1) is 10.2 Å². The fourth-order valence-corrected chi connectivity index (χ4v) is 3.09. The lowest BCUT2D eigenvalue weighted by molar-refractivity contribution is 0.237. The Labute approximate surface area is 158 Å². The SMILES string of the molecule is COc1ccc(C)cc1[C@@H](C)NC(=O)NCc1nnc2nc(C)cc(C)n12. The molecule has 0 unspecified atom stereocenters. The third-order valence-corrected chi connectivity index (χ3v) is 4.37. The zero-order valence-corrected chi connectivity index (χ0v) is 16.2. The number of nitrogens with one attached hydrogen (secondary N) is 2. The van der Waals surface area contributed by atoms with Crippen LogP contribution in [0.25, 0.3) is 5.78 Å². The number of hydrogen-bond acceptors (Lipinski definition) is 5. The summed E-state index contributed by atoms with van der Waals surface area (Å²) in [5, 5.41) is 14.0. The number of rotatable bonds is 5. The highest BCUT2D eigenvalue weighted by Crippen LogP contribution is 2.25. The molecule has 2 N–H and O–H groups in total. The van der Waals surface area contributed by atoms with Gasteiger partial charge in [-0.2, -0.15) is 0 Å². The van der Waals surface area contributed by atoms with Crippen LogP contribution in [-0.2, 0) is 6.54 Å². The lowest BCUT2D eigenvalue weighted by atomic mass is 10.0. The van der Waals surface area contributed by atoms with Gasteiger partial charge in [0.25, 0.3) is 5.78 Å². The van der Waals surface area contributed by atoms with Gasteiger partial charge in [-0.1, -0.05) is 17.7 Å². The van der Waals surface area contributed by atoms with Crippen molar-refractivity contribution in [1.82, 2.24) is 30.2 Å². The first-order valence-corrected chi connectivity index (χ1v) is 8.76. The Morgan fingerprint density at radius 1 is 1.22 bits per heavy atom. The fraction of sp³-hybridized carbons (Fsp3) is 0.368. The van der Waals surface area contributed by atoms with E-state index in [1.54, 1.807) is 7.11 Å². The van der Waals surface area contributed by atoms with Gasteiger partial charge in [-0.05, 0) is 39.8 Å². The predicted molar refractivity (Wildman–Crippen MR) is 102 cm³/mol. The van der Waals surface area contributed by atoms with E-state index in [2.05, 4.69) is 25.8 Å². The number of carbonyl (C=O) groups is 1. The van der Waals surface area contributed by atoms with Gasteiger partial charge in [0.1, 0.15) is 5.75 Å². The van der Waals surface area contributed by atoms with Gasteiger partial charge in [0.15, 0.2) is 5.82 Å². The van der Waals surface area contributed by atoms with Crippen LogP contribution >= 0.6 is 0 Å². The monoisotopic (exact) mass is 368 g/mol. The van der Waals surface area contributed by atoms with Crippen LogP contribution in [0.3, 0.4) is 0 Å². The van der Waals surface area contributed by atoms with E-state index in [9.17, 15) is 4.79 Å². The topological polar surface area (TPSA) is 93.4 Å². The molecule has 1 aromatic carbocycles. The Balaban J connectivity index is 1.68. The average molecular weight is 368 g/mol. The number of amides is 2. The second kappa shape index (κ2) is 7.61. The highest BCUT2D eigenvalue weighted by atomic mass is 16.5. The maximum absolute atomic E-state index is 12.3. The molecule has 0 saturated heterocycles. The molecule has 0 aliphatic rings. The highest BCUT2D eigenvalue weighted by molar-refractivity contribution is 5.74. The number of aryl methyl sites for hydroxylation is 3. The van der Waals surface area contributed by atoms with Gasteiger partial charge in [0.05, 0.1) is 19.7 Å². The molecule has 2 aromatic heterocycles. The minimum Gasteiger partial charge on any atom is -0.496 e. The van der Waals surface area contributed by atoms with Crippen LogP contribution in [0.2, 0.25) is 0 Å². The molecule has 27 heavy (non-hydrogen) atoms. The molecule has 8 nitrogen and oxygen atoms in total. The summed E-state index contributed by atoms with van der Waals surface area (Å²) in [6, 6.07) is 7.34. The number of fused-ring (bicyclic) bond motifs is 1. The average Bonchev–Trinajstić information content (AvgIpc) is 3.03. The standard InChI is InChI=1S/C19H24N6O2/c1-11-6-7-16(27-5)15(8-11)14(4)22-19(26)20-10-17-23-24-18-21-12(2)9-13(3)25(17)18/h6-9,14H,10H2,1-5H3,(H2,20,22,26)/t14-/m1/s1. The van der Waals surface area contributed by atoms with Gasteiger partial charge >= 0.3 is 6.03 Å². The number of urea groups is 1. The normalized spacial score (nSPS) is 12.0. The number of ether oxygens (including phenoxy) is 1. The maximum atomic E-state index is 12.3. The van der Waals surface area contributed by atoms with Crippen LogP contribution in [0.15, 0.2) is 24.3 Å². The molecule has 0 fully saturated rings. The second-order valence-electron chi connectivity index (χ2n) is 6.58. The summed E-state index contributed by atoms with van der Waals surface area (Å²) in [6.45, 7) is 8.04. The van der Waals surface area contributed by atoms with Gasteiger partial charge in [-0.3, -0.25) is 4.40 Å². The minimum absolute atomic E-state index is 0.207. The Morgan fingerprint density at radius 2 is 2.00 bits per heavy atom. The third-order valence-electron chi connectivity index (χ3n) is 4.37. The van der Waals surface area contributed by atoms with Crippen molar-refractivity contribution < 1.29 is 9.53 Å². The van der Waals surface area contributed by atoms with Gasteiger partial charge in [0.2, 0.25) is 0 Å². The van der Waals surface area contributed by atoms with Crippen molar-refractivity contribution >= 4 is 11.8 Å². The molecule has 0 aliphatic heterocycles. The molecular weight excluding hydrogens is 344 g/mol. The summed E-state index contributed by atoms with van der Waals surface area (Å²) in [5.74, 6) is 1.91. The maximum Gasteiger partial charge on any atom is 0.315 e. The zero-order chi connectivity index (χ0) is 19.6. The van der Waals surface area contributed by atoms with Crippen LogP contribution in [0.4, 0.5) is 4.79 Å². The molecule has 8 heteroatoms. The first-order valence-electron chi connectivity index (χ1n) is 8.76. The van der Waals surface area contributed by atoms with Gasteiger partial charge < -0.3 is 15.4 Å². The van der Waals surface area contributed by atoms with Crippen LogP contribution in [0.1, 0.15) is 41.3 Å². The molecule has 3 rings (SSSR count). The third kappa shape index (κ3) is 3.99. The van der Waals surface area contributed by atoms with Crippen molar-refractivity contribution in [1.29, 1.82) is 0 Å². The largest absolute Gasteiger partial charge is 0.496 e. The Morgan fingerprint density at radius 3 is 2.74 bits per heavy atom.